The van der Waals surface area contributed by atoms with Crippen molar-refractivity contribution in [2.24, 2.45) is 10.8 Å². The fourth-order valence-electron chi connectivity index (χ4n) is 7.23. The number of likely N-dealkylation sites (tertiary alicyclic amines) is 2. The minimum atomic E-state index is -4.76. The number of carbonyl (C=O) groups is 5. The lowest BCUT2D eigenvalue weighted by Gasteiger charge is -2.35. The first kappa shape index (κ1) is 48.6. The monoisotopic (exact) mass is 898 g/mol. The minimum absolute atomic E-state index is 0.0560. The van der Waals surface area contributed by atoms with E-state index in [9.17, 15) is 37.1 Å². The molecule has 0 radical (unpaired) electrons. The van der Waals surface area contributed by atoms with Gasteiger partial charge in [0.25, 0.3) is 5.91 Å². The van der Waals surface area contributed by atoms with Gasteiger partial charge in [-0.3, -0.25) is 24.0 Å². The molecule has 5 rings (SSSR count). The van der Waals surface area contributed by atoms with Gasteiger partial charge >= 0.3 is 6.18 Å². The van der Waals surface area contributed by atoms with Crippen LogP contribution >= 0.6 is 11.3 Å². The number of ether oxygens (including phenoxy) is 4. The van der Waals surface area contributed by atoms with E-state index in [1.165, 1.54) is 21.9 Å². The molecule has 15 nitrogen and oxygen atoms in total. The zero-order chi connectivity index (χ0) is 46.1. The lowest BCUT2D eigenvalue weighted by atomic mass is 9.85. The Hall–Kier alpha value is -5.42. The molecule has 1 aromatic heterocycles. The van der Waals surface area contributed by atoms with Crippen LogP contribution in [-0.2, 0) is 50.9 Å². The highest BCUT2D eigenvalue weighted by Gasteiger charge is 2.48. The van der Waals surface area contributed by atoms with Gasteiger partial charge in [0, 0.05) is 31.5 Å². The number of alkyl halides is 3. The lowest BCUT2D eigenvalue weighted by Crippen LogP contribution is -2.58. The number of ketones is 1. The van der Waals surface area contributed by atoms with E-state index < -0.39 is 69.9 Å². The van der Waals surface area contributed by atoms with Gasteiger partial charge in [-0.15, -0.1) is 11.3 Å². The average molecular weight is 899 g/mol. The van der Waals surface area contributed by atoms with Crippen LogP contribution in [0.3, 0.4) is 0 Å². The number of rotatable bonds is 19. The normalized spacial score (nSPS) is 18.0. The SMILES string of the molecule is Cc1ncsc1-c1ccc(CNC(=O)[C@@H]2CC(=O)CN2C(=O)[C@@H](NC(=O)COCCOCCOCCN2CC(C)(C)C(Oc3ccc(C#N)c(C(F)(F)F)c3)C2=O)C(C)(C)C)cc1. The molecule has 4 amide bonds. The van der Waals surface area contributed by atoms with E-state index in [0.29, 0.717) is 0 Å². The molecule has 3 heterocycles. The molecule has 0 saturated carbocycles. The van der Waals surface area contributed by atoms with Gasteiger partial charge < -0.3 is 39.4 Å². The number of hydrogen-bond acceptors (Lipinski definition) is 12. The maximum atomic E-state index is 13.9. The molecular formula is C44H53F3N6O9S. The van der Waals surface area contributed by atoms with Crippen LogP contribution in [0.5, 0.6) is 5.75 Å². The molecular weight excluding hydrogens is 846 g/mol. The number of thiazole rings is 1. The second-order valence-electron chi connectivity index (χ2n) is 17.1. The van der Waals surface area contributed by atoms with Gasteiger partial charge in [0.1, 0.15) is 24.4 Å². The van der Waals surface area contributed by atoms with Crippen molar-refractivity contribution in [1.82, 2.24) is 25.4 Å². The Morgan fingerprint density at radius 2 is 1.67 bits per heavy atom. The Kier molecular flexibility index (Phi) is 16.1. The molecule has 2 aliphatic rings. The van der Waals surface area contributed by atoms with Crippen LogP contribution in [0, 0.1) is 29.1 Å². The molecule has 340 valence electrons. The second-order valence-corrected chi connectivity index (χ2v) is 18.0. The summed E-state index contributed by atoms with van der Waals surface area (Å²) in [7, 11) is 0. The molecule has 2 aliphatic heterocycles. The van der Waals surface area contributed by atoms with Crippen molar-refractivity contribution >= 4 is 40.7 Å². The third-order valence-electron chi connectivity index (χ3n) is 10.6. The number of aromatic nitrogens is 1. The predicted molar refractivity (Wildman–Crippen MR) is 224 cm³/mol. The van der Waals surface area contributed by atoms with Gasteiger partial charge in [0.15, 0.2) is 11.9 Å². The summed E-state index contributed by atoms with van der Waals surface area (Å²) in [5.74, 6) is -2.40. The molecule has 19 heteroatoms. The molecule has 2 aromatic carbocycles. The molecule has 2 fully saturated rings. The van der Waals surface area contributed by atoms with Crippen LogP contribution in [0.2, 0.25) is 0 Å². The molecule has 0 spiro atoms. The molecule has 63 heavy (non-hydrogen) atoms. The second kappa shape index (κ2) is 20.8. The first-order valence-electron chi connectivity index (χ1n) is 20.4. The number of nitriles is 1. The summed E-state index contributed by atoms with van der Waals surface area (Å²) in [5.41, 5.74) is 1.41. The standard InChI is InChI=1S/C44H53F3N6O9S/c1-27-36(63-26-50-27)29-9-7-28(8-10-29)22-49-39(56)34-19-31(54)23-53(34)40(57)37(42(2,3)4)51-35(55)24-61-18-17-60-16-15-59-14-13-52-25-43(5,6)38(41(52)58)62-32-12-11-30(21-48)33(20-32)44(45,46)47/h7-12,20,26,34,37-38H,13-19,22-25H2,1-6H3,(H,49,56)(H,51,55)/t34-,37+,38?/m0/s1. The van der Waals surface area contributed by atoms with Crippen LogP contribution in [-0.4, -0.2) is 122 Å². The summed E-state index contributed by atoms with van der Waals surface area (Å²) in [6.07, 6.45) is -5.94. The fraction of sp³-hybridized carbons (Fsp3) is 0.523. The average Bonchev–Trinajstić information content (AvgIpc) is 3.90. The van der Waals surface area contributed by atoms with Gasteiger partial charge in [0.05, 0.1) is 72.9 Å². The number of nitrogens with zero attached hydrogens (tertiary/aromatic N) is 4. The number of amides is 4. The van der Waals surface area contributed by atoms with Crippen molar-refractivity contribution in [3.05, 3.63) is 70.4 Å². The van der Waals surface area contributed by atoms with E-state index in [2.05, 4.69) is 15.6 Å². The first-order chi connectivity index (χ1) is 29.7. The van der Waals surface area contributed by atoms with Crippen LogP contribution in [0.25, 0.3) is 10.4 Å². The van der Waals surface area contributed by atoms with Gasteiger partial charge in [-0.1, -0.05) is 58.9 Å². The highest BCUT2D eigenvalue weighted by molar-refractivity contribution is 7.13. The van der Waals surface area contributed by atoms with Crippen molar-refractivity contribution in [1.29, 1.82) is 5.26 Å². The van der Waals surface area contributed by atoms with Crippen LogP contribution in [0.1, 0.15) is 63.4 Å². The number of nitrogens with one attached hydrogen (secondary N) is 2. The number of hydrogen-bond donors (Lipinski definition) is 2. The van der Waals surface area contributed by atoms with E-state index in [1.807, 2.05) is 31.2 Å². The Morgan fingerprint density at radius 1 is 1.00 bits per heavy atom. The Bertz CT molecular complexity index is 2170. The Labute approximate surface area is 368 Å². The zero-order valence-corrected chi connectivity index (χ0v) is 37.0. The fourth-order valence-corrected chi connectivity index (χ4v) is 8.04. The van der Waals surface area contributed by atoms with Crippen LogP contribution in [0.15, 0.2) is 48.0 Å². The van der Waals surface area contributed by atoms with E-state index in [-0.39, 0.29) is 83.8 Å². The smallest absolute Gasteiger partial charge is 0.417 e. The van der Waals surface area contributed by atoms with E-state index >= 15 is 0 Å². The van der Waals surface area contributed by atoms with Gasteiger partial charge in [0.2, 0.25) is 17.7 Å². The highest BCUT2D eigenvalue weighted by Crippen LogP contribution is 2.38. The van der Waals surface area contributed by atoms with Gasteiger partial charge in [-0.05, 0) is 41.7 Å². The van der Waals surface area contributed by atoms with Crippen molar-refractivity contribution in [3.8, 4) is 22.3 Å². The van der Waals surface area contributed by atoms with Crippen molar-refractivity contribution in [2.75, 3.05) is 59.3 Å². The number of benzene rings is 2. The lowest BCUT2D eigenvalue weighted by molar-refractivity contribution is -0.144. The van der Waals surface area contributed by atoms with Crippen LogP contribution < -0.4 is 15.4 Å². The molecule has 2 saturated heterocycles. The summed E-state index contributed by atoms with van der Waals surface area (Å²) in [4.78, 5) is 73.9. The molecule has 3 aromatic rings. The van der Waals surface area contributed by atoms with Crippen molar-refractivity contribution < 1.29 is 56.1 Å². The van der Waals surface area contributed by atoms with Crippen molar-refractivity contribution in [3.63, 3.8) is 0 Å². The maximum absolute atomic E-state index is 13.9. The van der Waals surface area contributed by atoms with E-state index in [4.69, 9.17) is 24.2 Å². The van der Waals surface area contributed by atoms with Crippen LogP contribution in [0.4, 0.5) is 13.2 Å². The molecule has 0 aliphatic carbocycles. The van der Waals surface area contributed by atoms with E-state index in [1.54, 1.807) is 51.5 Å². The summed E-state index contributed by atoms with van der Waals surface area (Å²) >= 11 is 1.54. The van der Waals surface area contributed by atoms with Crippen molar-refractivity contribution in [2.45, 2.75) is 78.9 Å². The Balaban J connectivity index is 0.985. The quantitative estimate of drug-likeness (QED) is 0.159. The summed E-state index contributed by atoms with van der Waals surface area (Å²) < 4.78 is 62.7. The number of carbonyl (C=O) groups excluding carboxylic acids is 5. The predicted octanol–water partition coefficient (Wildman–Crippen LogP) is 4.69. The number of Topliss-reactive ketones (excluding diaryl/α,β-unsaturated/α-hetero) is 1. The maximum Gasteiger partial charge on any atom is 0.417 e. The molecule has 0 bridgehead atoms. The number of aryl methyl sites for hydroxylation is 1. The summed E-state index contributed by atoms with van der Waals surface area (Å²) in [6.45, 7) is 11.6. The van der Waals surface area contributed by atoms with Gasteiger partial charge in [-0.25, -0.2) is 4.98 Å². The topological polar surface area (TPSA) is 189 Å². The summed E-state index contributed by atoms with van der Waals surface area (Å²) in [6, 6.07) is 10.1. The first-order valence-corrected chi connectivity index (χ1v) is 21.3. The molecule has 1 unspecified atom stereocenters. The number of halogens is 3. The highest BCUT2D eigenvalue weighted by atomic mass is 32.1. The molecule has 3 atom stereocenters. The van der Waals surface area contributed by atoms with Gasteiger partial charge in [-0.2, -0.15) is 18.4 Å². The zero-order valence-electron chi connectivity index (χ0n) is 36.1. The Morgan fingerprint density at radius 3 is 2.29 bits per heavy atom. The molecule has 2 N–H and O–H groups in total. The largest absolute Gasteiger partial charge is 0.480 e. The van der Waals surface area contributed by atoms with E-state index in [0.717, 1.165) is 33.8 Å². The minimum Gasteiger partial charge on any atom is -0.480 e. The summed E-state index contributed by atoms with van der Waals surface area (Å²) in [5, 5.41) is 14.6. The third kappa shape index (κ3) is 12.8. The third-order valence-corrected chi connectivity index (χ3v) is 11.6.